The fraction of sp³-hybridized carbons (Fsp3) is 0.458. The Morgan fingerprint density at radius 2 is 1.68 bits per heavy atom. The molecule has 2 saturated heterocycles. The van der Waals surface area contributed by atoms with E-state index in [1.807, 2.05) is 6.92 Å². The molecule has 2 aromatic carbocycles. The fourth-order valence-corrected chi connectivity index (χ4v) is 7.19. The smallest absolute Gasteiger partial charge is 0.396 e. The van der Waals surface area contributed by atoms with E-state index in [9.17, 15) is 13.2 Å². The van der Waals surface area contributed by atoms with Gasteiger partial charge in [-0.3, -0.25) is 4.79 Å². The zero-order valence-corrected chi connectivity index (χ0v) is 21.4. The number of carbonyl (C=O) groups excluding carboxylic acids is 1. The Morgan fingerprint density at radius 1 is 1.03 bits per heavy atom. The van der Waals surface area contributed by atoms with Gasteiger partial charge in [-0.25, -0.2) is 4.72 Å². The highest BCUT2D eigenvalue weighted by Crippen LogP contribution is 2.37. The van der Waals surface area contributed by atoms with Crippen LogP contribution in [0, 0.1) is 6.92 Å². The summed E-state index contributed by atoms with van der Waals surface area (Å²) in [6.07, 6.45) is 2.35. The molecule has 0 spiro atoms. The summed E-state index contributed by atoms with van der Waals surface area (Å²) >= 11 is 12.6. The van der Waals surface area contributed by atoms with Crippen molar-refractivity contribution in [1.29, 1.82) is 0 Å². The molecule has 2 fully saturated rings. The predicted molar refractivity (Wildman–Crippen MR) is 134 cm³/mol. The summed E-state index contributed by atoms with van der Waals surface area (Å²) in [4.78, 5) is 12.8. The molecule has 184 valence electrons. The number of ether oxygens (including phenoxy) is 1. The summed E-state index contributed by atoms with van der Waals surface area (Å²) in [5.41, 5.74) is 1.07. The van der Waals surface area contributed by atoms with E-state index in [1.54, 1.807) is 42.5 Å². The average molecular weight is 527 g/mol. The number of amides is 1. The Morgan fingerprint density at radius 3 is 2.32 bits per heavy atom. The molecule has 2 N–H and O–H groups in total. The van der Waals surface area contributed by atoms with Gasteiger partial charge in [-0.05, 0) is 36.8 Å². The highest BCUT2D eigenvalue weighted by atomic mass is 35.5. The van der Waals surface area contributed by atoms with Crippen LogP contribution < -0.4 is 14.8 Å². The number of carbonyl (C=O) groups is 1. The Balaban J connectivity index is 1.54. The number of halogens is 2. The third-order valence-electron chi connectivity index (χ3n) is 6.95. The molecule has 1 amide bonds. The Hall–Kier alpha value is -1.84. The van der Waals surface area contributed by atoms with Crippen LogP contribution in [0.4, 0.5) is 0 Å². The van der Waals surface area contributed by atoms with Crippen LogP contribution in [-0.4, -0.2) is 56.5 Å². The standard InChI is InChI=1S/C24H29Cl2N3O4S/c1-17-21(25)7-8-22(23(17)26)33-20-11-15-29(16-12-20,19-9-13-27-14-10-19)34(31,32)28-24(30)18-5-3-2-4-6-18/h2-8,19-20,27H,9-16H2,1H3/p+1. The van der Waals surface area contributed by atoms with Crippen molar-refractivity contribution in [2.45, 2.75) is 44.8 Å². The van der Waals surface area contributed by atoms with Gasteiger partial charge in [-0.2, -0.15) is 12.3 Å². The van der Waals surface area contributed by atoms with Crippen molar-refractivity contribution < 1.29 is 21.8 Å². The van der Waals surface area contributed by atoms with Crippen LogP contribution in [0.25, 0.3) is 0 Å². The Kier molecular flexibility index (Phi) is 7.74. The lowest BCUT2D eigenvalue weighted by atomic mass is 9.99. The number of nitrogens with zero attached hydrogens (tertiary/aromatic N) is 1. The van der Waals surface area contributed by atoms with Crippen molar-refractivity contribution in [3.8, 4) is 5.75 Å². The second kappa shape index (κ2) is 10.4. The lowest BCUT2D eigenvalue weighted by Gasteiger charge is -2.47. The molecule has 4 rings (SSSR count). The number of benzene rings is 2. The van der Waals surface area contributed by atoms with Gasteiger partial charge in [-0.1, -0.05) is 41.4 Å². The molecule has 0 aliphatic carbocycles. The molecule has 0 unspecified atom stereocenters. The molecule has 0 bridgehead atoms. The summed E-state index contributed by atoms with van der Waals surface area (Å²) in [6.45, 7) is 4.06. The van der Waals surface area contributed by atoms with Gasteiger partial charge in [0.1, 0.15) is 17.9 Å². The quantitative estimate of drug-likeness (QED) is 0.553. The van der Waals surface area contributed by atoms with Crippen LogP contribution in [0.5, 0.6) is 5.75 Å². The first-order valence-corrected chi connectivity index (χ1v) is 13.7. The molecule has 2 aliphatic heterocycles. The van der Waals surface area contributed by atoms with Crippen molar-refractivity contribution in [3.63, 3.8) is 0 Å². The van der Waals surface area contributed by atoms with E-state index in [2.05, 4.69) is 10.0 Å². The number of nitrogens with one attached hydrogen (secondary N) is 2. The van der Waals surface area contributed by atoms with Crippen LogP contribution in [0.15, 0.2) is 42.5 Å². The molecule has 0 aromatic heterocycles. The minimum atomic E-state index is -4.00. The zero-order chi connectivity index (χ0) is 24.3. The van der Waals surface area contributed by atoms with Crippen LogP contribution in [0.2, 0.25) is 10.0 Å². The molecule has 2 aliphatic rings. The second-order valence-corrected chi connectivity index (χ2v) is 11.6. The van der Waals surface area contributed by atoms with Gasteiger partial charge in [0.05, 0.1) is 18.1 Å². The molecular weight excluding hydrogens is 497 g/mol. The molecular formula is C24H30Cl2N3O4S+. The van der Waals surface area contributed by atoms with Gasteiger partial charge < -0.3 is 10.1 Å². The highest BCUT2D eigenvalue weighted by Gasteiger charge is 2.52. The van der Waals surface area contributed by atoms with Crippen molar-refractivity contribution in [3.05, 3.63) is 63.6 Å². The highest BCUT2D eigenvalue weighted by molar-refractivity contribution is 7.84. The fourth-order valence-electron chi connectivity index (χ4n) is 4.94. The average Bonchev–Trinajstić information content (AvgIpc) is 2.85. The summed E-state index contributed by atoms with van der Waals surface area (Å²) in [5.74, 6) is -0.0514. The first-order valence-electron chi connectivity index (χ1n) is 11.5. The van der Waals surface area contributed by atoms with E-state index in [4.69, 9.17) is 27.9 Å². The summed E-state index contributed by atoms with van der Waals surface area (Å²) in [6, 6.07) is 11.8. The SMILES string of the molecule is Cc1c(Cl)ccc(OC2CC[N+](C3CCNCC3)(S(=O)(=O)NC(=O)c3ccccc3)CC2)c1Cl. The number of likely N-dealkylation sites (tertiary alicyclic amines) is 1. The molecule has 0 radical (unpaired) electrons. The maximum Gasteiger partial charge on any atom is 0.396 e. The van der Waals surface area contributed by atoms with E-state index >= 15 is 0 Å². The number of hydrogen-bond acceptors (Lipinski definition) is 5. The molecule has 0 saturated carbocycles. The van der Waals surface area contributed by atoms with Crippen LogP contribution in [-0.2, 0) is 10.2 Å². The molecule has 0 atom stereocenters. The van der Waals surface area contributed by atoms with Gasteiger partial charge in [-0.15, -0.1) is 0 Å². The minimum Gasteiger partial charge on any atom is -0.488 e. The minimum absolute atomic E-state index is 0.0929. The van der Waals surface area contributed by atoms with Gasteiger partial charge >= 0.3 is 10.2 Å². The van der Waals surface area contributed by atoms with E-state index in [-0.39, 0.29) is 16.0 Å². The van der Waals surface area contributed by atoms with Crippen molar-refractivity contribution in [2.24, 2.45) is 0 Å². The predicted octanol–water partition coefficient (Wildman–Crippen LogP) is 4.09. The number of hydrogen-bond donors (Lipinski definition) is 2. The van der Waals surface area contributed by atoms with Crippen molar-refractivity contribution in [1.82, 2.24) is 10.0 Å². The topological polar surface area (TPSA) is 84.5 Å². The first-order chi connectivity index (χ1) is 16.2. The maximum absolute atomic E-state index is 13.7. The van der Waals surface area contributed by atoms with E-state index in [0.717, 1.165) is 31.5 Å². The molecule has 10 heteroatoms. The number of quaternary nitrogens is 1. The molecule has 2 aromatic rings. The van der Waals surface area contributed by atoms with Crippen molar-refractivity contribution in [2.75, 3.05) is 26.2 Å². The summed E-state index contributed by atoms with van der Waals surface area (Å²) in [7, 11) is -4.00. The van der Waals surface area contributed by atoms with Gasteiger partial charge in [0.25, 0.3) is 5.91 Å². The van der Waals surface area contributed by atoms with E-state index in [0.29, 0.717) is 47.3 Å². The van der Waals surface area contributed by atoms with Crippen molar-refractivity contribution >= 4 is 39.3 Å². The Bertz CT molecular complexity index is 1130. The monoisotopic (exact) mass is 526 g/mol. The molecule has 7 nitrogen and oxygen atoms in total. The number of rotatable bonds is 6. The largest absolute Gasteiger partial charge is 0.488 e. The first kappa shape index (κ1) is 25.3. The maximum atomic E-state index is 13.7. The zero-order valence-electron chi connectivity index (χ0n) is 19.1. The second-order valence-electron chi connectivity index (χ2n) is 8.95. The number of piperidine rings is 2. The van der Waals surface area contributed by atoms with Gasteiger partial charge in [0.15, 0.2) is 0 Å². The normalized spacial score (nSPS) is 23.9. The van der Waals surface area contributed by atoms with Crippen LogP contribution >= 0.6 is 23.2 Å². The summed E-state index contributed by atoms with van der Waals surface area (Å²) < 4.78 is 35.9. The van der Waals surface area contributed by atoms with Crippen LogP contribution in [0.3, 0.4) is 0 Å². The van der Waals surface area contributed by atoms with E-state index < -0.39 is 16.1 Å². The lowest BCUT2D eigenvalue weighted by molar-refractivity contribution is -0.841. The summed E-state index contributed by atoms with van der Waals surface area (Å²) in [5, 5.41) is 4.35. The Labute approximate surface area is 211 Å². The van der Waals surface area contributed by atoms with Crippen LogP contribution in [0.1, 0.15) is 41.6 Å². The third kappa shape index (κ3) is 5.06. The van der Waals surface area contributed by atoms with E-state index in [1.165, 1.54) is 0 Å². The van der Waals surface area contributed by atoms with Gasteiger partial charge in [0, 0.05) is 49.4 Å². The third-order valence-corrected chi connectivity index (χ3v) is 9.89. The van der Waals surface area contributed by atoms with Gasteiger partial charge in [0.2, 0.25) is 0 Å². The molecule has 34 heavy (non-hydrogen) atoms. The molecule has 2 heterocycles. The lowest BCUT2D eigenvalue weighted by Crippen LogP contribution is -2.68.